The highest BCUT2D eigenvalue weighted by atomic mass is 35.5. The van der Waals surface area contributed by atoms with Gasteiger partial charge in [-0.15, -0.1) is 0 Å². The van der Waals surface area contributed by atoms with Gasteiger partial charge in [0.05, 0.1) is 11.6 Å². The molecule has 2 atom stereocenters. The lowest BCUT2D eigenvalue weighted by atomic mass is 9.95. The van der Waals surface area contributed by atoms with Gasteiger partial charge in [-0.25, -0.2) is 0 Å². The number of para-hydroxylation sites is 1. The summed E-state index contributed by atoms with van der Waals surface area (Å²) in [7, 11) is 1.82. The summed E-state index contributed by atoms with van der Waals surface area (Å²) in [5.74, 6) is -0.346. The Balaban J connectivity index is 0.00000451. The van der Waals surface area contributed by atoms with Crippen molar-refractivity contribution >= 4 is 35.0 Å². The molecule has 2 N–H and O–H groups in total. The molecule has 0 radical (unpaired) electrons. The maximum absolute atomic E-state index is 14.1. The van der Waals surface area contributed by atoms with Crippen molar-refractivity contribution in [2.45, 2.75) is 38.0 Å². The Bertz CT molecular complexity index is 1710. The van der Waals surface area contributed by atoms with Gasteiger partial charge in [0, 0.05) is 64.9 Å². The summed E-state index contributed by atoms with van der Waals surface area (Å²) < 4.78 is 0. The molecule has 9 heteroatoms. The van der Waals surface area contributed by atoms with E-state index in [-0.39, 0.29) is 19.1 Å². The summed E-state index contributed by atoms with van der Waals surface area (Å²) in [6, 6.07) is 32.0. The van der Waals surface area contributed by atoms with Crippen LogP contribution in [-0.4, -0.2) is 72.8 Å². The molecule has 0 spiro atoms. The lowest BCUT2D eigenvalue weighted by Gasteiger charge is -2.38. The van der Waals surface area contributed by atoms with Crippen molar-refractivity contribution in [3.63, 3.8) is 0 Å². The lowest BCUT2D eigenvalue weighted by molar-refractivity contribution is -0.137. The predicted molar refractivity (Wildman–Crippen MR) is 187 cm³/mol. The van der Waals surface area contributed by atoms with E-state index in [9.17, 15) is 14.4 Å². The topological polar surface area (TPSA) is 85.0 Å². The van der Waals surface area contributed by atoms with Gasteiger partial charge in [-0.2, -0.15) is 0 Å². The van der Waals surface area contributed by atoms with Gasteiger partial charge < -0.3 is 25.3 Å². The number of benzene rings is 4. The van der Waals surface area contributed by atoms with E-state index < -0.39 is 12.1 Å². The quantitative estimate of drug-likeness (QED) is 0.268. The first-order valence-corrected chi connectivity index (χ1v) is 16.5. The fraction of sp³-hybridized carbons (Fsp3) is 0.289. The Kier molecular flexibility index (Phi) is 10.2. The summed E-state index contributed by atoms with van der Waals surface area (Å²) in [6.07, 6.45) is 0.928. The third-order valence-electron chi connectivity index (χ3n) is 9.04. The van der Waals surface area contributed by atoms with Gasteiger partial charge in [-0.1, -0.05) is 90.5 Å². The van der Waals surface area contributed by atoms with E-state index in [1.165, 1.54) is 5.56 Å². The normalized spacial score (nSPS) is 16.6. The van der Waals surface area contributed by atoms with Crippen LogP contribution in [0.25, 0.3) is 0 Å². The van der Waals surface area contributed by atoms with Crippen LogP contribution >= 0.6 is 11.6 Å². The van der Waals surface area contributed by atoms with Crippen LogP contribution in [0.15, 0.2) is 103 Å². The molecule has 0 saturated carbocycles. The number of carbonyl (C=O) groups is 3. The number of fused-ring (bicyclic) bond motifs is 1. The van der Waals surface area contributed by atoms with Crippen molar-refractivity contribution in [2.75, 3.05) is 38.1 Å². The standard InChI is InChI=1S/C38H40ClN5O3.H2/c1-42(26-28-9-3-2-4-10-28)37(46)32-13-7-8-14-35(32)43-19-21-44(22-20-43)38(47)34(23-27-15-17-31(39)18-16-27)41-36(45)33-24-29-11-5-6-12-30(29)25-40-33;/h2-18,33-34,40H,19-26H2,1H3,(H,41,45);1H/t33-,34+;/m0./s1. The molecular weight excluding hydrogens is 610 g/mol. The summed E-state index contributed by atoms with van der Waals surface area (Å²) >= 11 is 6.13. The van der Waals surface area contributed by atoms with Gasteiger partial charge >= 0.3 is 0 Å². The molecule has 0 unspecified atom stereocenters. The van der Waals surface area contributed by atoms with E-state index in [1.54, 1.807) is 17.0 Å². The first-order chi connectivity index (χ1) is 22.9. The zero-order valence-electron chi connectivity index (χ0n) is 26.6. The fourth-order valence-corrected chi connectivity index (χ4v) is 6.55. The van der Waals surface area contributed by atoms with Crippen LogP contribution < -0.4 is 15.5 Å². The molecule has 8 nitrogen and oxygen atoms in total. The van der Waals surface area contributed by atoms with Gasteiger partial charge in [0.25, 0.3) is 5.91 Å². The molecular formula is C38H42ClN5O3. The second-order valence-electron chi connectivity index (χ2n) is 12.3. The van der Waals surface area contributed by atoms with Gasteiger partial charge in [-0.3, -0.25) is 14.4 Å². The maximum Gasteiger partial charge on any atom is 0.256 e. The minimum absolute atomic E-state index is 0. The van der Waals surface area contributed by atoms with E-state index in [1.807, 2.05) is 90.8 Å². The fourth-order valence-electron chi connectivity index (χ4n) is 6.42. The average Bonchev–Trinajstić information content (AvgIpc) is 3.12. The zero-order chi connectivity index (χ0) is 32.8. The number of hydrogen-bond donors (Lipinski definition) is 2. The van der Waals surface area contributed by atoms with E-state index in [0.29, 0.717) is 62.7 Å². The van der Waals surface area contributed by atoms with Crippen LogP contribution in [0, 0.1) is 0 Å². The van der Waals surface area contributed by atoms with Crippen molar-refractivity contribution < 1.29 is 15.8 Å². The van der Waals surface area contributed by atoms with Crippen LogP contribution in [0.5, 0.6) is 0 Å². The number of piperazine rings is 1. The molecule has 4 aromatic rings. The van der Waals surface area contributed by atoms with Crippen LogP contribution in [0.4, 0.5) is 5.69 Å². The van der Waals surface area contributed by atoms with Gasteiger partial charge in [0.15, 0.2) is 0 Å². The lowest BCUT2D eigenvalue weighted by Crippen LogP contribution is -2.58. The molecule has 4 aromatic carbocycles. The van der Waals surface area contributed by atoms with E-state index in [2.05, 4.69) is 27.7 Å². The molecule has 2 aliphatic rings. The largest absolute Gasteiger partial charge is 0.367 e. The van der Waals surface area contributed by atoms with E-state index >= 15 is 0 Å². The highest BCUT2D eigenvalue weighted by Gasteiger charge is 2.33. The van der Waals surface area contributed by atoms with Crippen LogP contribution in [-0.2, 0) is 35.5 Å². The van der Waals surface area contributed by atoms with Crippen molar-refractivity contribution in [1.82, 2.24) is 20.4 Å². The van der Waals surface area contributed by atoms with E-state index in [4.69, 9.17) is 11.6 Å². The molecule has 0 aliphatic carbocycles. The molecule has 244 valence electrons. The second-order valence-corrected chi connectivity index (χ2v) is 12.7. The Morgan fingerprint density at radius 2 is 1.51 bits per heavy atom. The van der Waals surface area contributed by atoms with Gasteiger partial charge in [0.2, 0.25) is 11.8 Å². The molecule has 6 rings (SSSR count). The number of anilines is 1. The Hall–Kier alpha value is -4.66. The SMILES string of the molecule is CN(Cc1ccccc1)C(=O)c1ccccc1N1CCN(C(=O)[C@@H](Cc2ccc(Cl)cc2)NC(=O)[C@@H]2Cc3ccccc3CN2)CC1.[HH]. The molecule has 2 aliphatic heterocycles. The summed E-state index contributed by atoms with van der Waals surface area (Å²) in [6.45, 7) is 3.21. The maximum atomic E-state index is 14.1. The average molecular weight is 652 g/mol. The number of amides is 3. The number of nitrogens with zero attached hydrogens (tertiary/aromatic N) is 3. The first-order valence-electron chi connectivity index (χ1n) is 16.1. The monoisotopic (exact) mass is 651 g/mol. The highest BCUT2D eigenvalue weighted by Crippen LogP contribution is 2.25. The zero-order valence-corrected chi connectivity index (χ0v) is 27.3. The molecule has 1 fully saturated rings. The van der Waals surface area contributed by atoms with Crippen molar-refractivity contribution in [1.29, 1.82) is 0 Å². The van der Waals surface area contributed by atoms with Crippen LogP contribution in [0.2, 0.25) is 5.02 Å². The number of halogens is 1. The van der Waals surface area contributed by atoms with E-state index in [0.717, 1.165) is 22.4 Å². The molecule has 2 heterocycles. The molecule has 47 heavy (non-hydrogen) atoms. The van der Waals surface area contributed by atoms with Crippen molar-refractivity contribution in [2.24, 2.45) is 0 Å². The first kappa shape index (κ1) is 32.3. The Labute approximate surface area is 282 Å². The van der Waals surface area contributed by atoms with Crippen molar-refractivity contribution in [3.05, 3.63) is 136 Å². The van der Waals surface area contributed by atoms with Gasteiger partial charge in [0.1, 0.15) is 6.04 Å². The highest BCUT2D eigenvalue weighted by molar-refractivity contribution is 6.30. The summed E-state index contributed by atoms with van der Waals surface area (Å²) in [4.78, 5) is 46.9. The molecule has 0 aromatic heterocycles. The third kappa shape index (κ3) is 7.84. The number of rotatable bonds is 9. The minimum atomic E-state index is -0.727. The molecule has 1 saturated heterocycles. The molecule has 3 amide bonds. The molecule has 0 bridgehead atoms. The van der Waals surface area contributed by atoms with Gasteiger partial charge in [-0.05, 0) is 52.9 Å². The second kappa shape index (κ2) is 14.8. The summed E-state index contributed by atoms with van der Waals surface area (Å²) in [5.41, 5.74) is 5.82. The minimum Gasteiger partial charge on any atom is -0.367 e. The number of hydrogen-bond acceptors (Lipinski definition) is 5. The third-order valence-corrected chi connectivity index (χ3v) is 9.29. The summed E-state index contributed by atoms with van der Waals surface area (Å²) in [5, 5.41) is 7.04. The number of carbonyl (C=O) groups excluding carboxylic acids is 3. The van der Waals surface area contributed by atoms with Crippen LogP contribution in [0.3, 0.4) is 0 Å². The Morgan fingerprint density at radius 1 is 0.851 bits per heavy atom. The number of nitrogens with one attached hydrogen (secondary N) is 2. The smallest absolute Gasteiger partial charge is 0.256 e. The predicted octanol–water partition coefficient (Wildman–Crippen LogP) is 4.95. The Morgan fingerprint density at radius 3 is 2.26 bits per heavy atom. The van der Waals surface area contributed by atoms with Crippen molar-refractivity contribution in [3.8, 4) is 0 Å². The van der Waals surface area contributed by atoms with Crippen LogP contribution in [0.1, 0.15) is 34.0 Å².